The van der Waals surface area contributed by atoms with Crippen LogP contribution in [0.1, 0.15) is 42.1 Å². The molecule has 1 atom stereocenters. The van der Waals surface area contributed by atoms with Gasteiger partial charge in [-0.3, -0.25) is 9.69 Å². The summed E-state index contributed by atoms with van der Waals surface area (Å²) in [4.78, 5) is 26.5. The summed E-state index contributed by atoms with van der Waals surface area (Å²) in [7, 11) is 3.63. The summed E-state index contributed by atoms with van der Waals surface area (Å²) in [5, 5.41) is 0. The van der Waals surface area contributed by atoms with Gasteiger partial charge in [0.1, 0.15) is 0 Å². The Morgan fingerprint density at radius 3 is 2.85 bits per heavy atom. The summed E-state index contributed by atoms with van der Waals surface area (Å²) in [5.41, 5.74) is 3.10. The molecule has 0 aromatic carbocycles. The Labute approximate surface area is 160 Å². The van der Waals surface area contributed by atoms with E-state index in [1.54, 1.807) is 13.3 Å². The van der Waals surface area contributed by atoms with Crippen LogP contribution in [-0.4, -0.2) is 57.0 Å². The molecule has 4 heterocycles. The van der Waals surface area contributed by atoms with Gasteiger partial charge in [0.05, 0.1) is 30.7 Å². The van der Waals surface area contributed by atoms with E-state index in [1.165, 1.54) is 6.42 Å². The Hall–Kier alpha value is -2.41. The molecule has 0 N–H and O–H groups in total. The SMILES string of the molecule is COc1ncccc1CN1Cc2ncn(C)c2C(C(=O)N2CCCCC2)C1. The predicted octanol–water partition coefficient (Wildman–Crippen LogP) is 1.94. The van der Waals surface area contributed by atoms with E-state index in [4.69, 9.17) is 4.74 Å². The summed E-state index contributed by atoms with van der Waals surface area (Å²) in [5.74, 6) is 0.715. The zero-order chi connectivity index (χ0) is 18.8. The predicted molar refractivity (Wildman–Crippen MR) is 101 cm³/mol. The number of nitrogens with zero attached hydrogens (tertiary/aromatic N) is 5. The van der Waals surface area contributed by atoms with Crippen LogP contribution in [0.4, 0.5) is 0 Å². The topological polar surface area (TPSA) is 63.5 Å². The average Bonchev–Trinajstić information content (AvgIpc) is 3.09. The van der Waals surface area contributed by atoms with Crippen molar-refractivity contribution in [3.05, 3.63) is 41.6 Å². The minimum atomic E-state index is -0.165. The van der Waals surface area contributed by atoms with Crippen LogP contribution in [-0.2, 0) is 24.9 Å². The van der Waals surface area contributed by atoms with Crippen LogP contribution in [0.2, 0.25) is 0 Å². The zero-order valence-electron chi connectivity index (χ0n) is 16.1. The summed E-state index contributed by atoms with van der Waals surface area (Å²) < 4.78 is 7.41. The van der Waals surface area contributed by atoms with Crippen molar-refractivity contribution in [1.29, 1.82) is 0 Å². The van der Waals surface area contributed by atoms with Crippen LogP contribution in [0.15, 0.2) is 24.7 Å². The van der Waals surface area contributed by atoms with Crippen molar-refractivity contribution in [3.8, 4) is 5.88 Å². The van der Waals surface area contributed by atoms with Crippen LogP contribution in [0.25, 0.3) is 0 Å². The van der Waals surface area contributed by atoms with E-state index in [2.05, 4.69) is 14.9 Å². The highest BCUT2D eigenvalue weighted by Gasteiger charge is 2.36. The number of pyridine rings is 1. The number of fused-ring (bicyclic) bond motifs is 1. The number of hydrogen-bond acceptors (Lipinski definition) is 5. The van der Waals surface area contributed by atoms with E-state index < -0.39 is 0 Å². The number of rotatable bonds is 4. The molecule has 2 aromatic heterocycles. The molecule has 1 amide bonds. The largest absolute Gasteiger partial charge is 0.481 e. The van der Waals surface area contributed by atoms with E-state index in [1.807, 2.05) is 35.0 Å². The third-order valence-corrected chi connectivity index (χ3v) is 5.61. The molecule has 0 bridgehead atoms. The van der Waals surface area contributed by atoms with Crippen molar-refractivity contribution in [2.45, 2.75) is 38.3 Å². The van der Waals surface area contributed by atoms with Crippen molar-refractivity contribution < 1.29 is 9.53 Å². The first kappa shape index (κ1) is 18.0. The van der Waals surface area contributed by atoms with Crippen molar-refractivity contribution in [3.63, 3.8) is 0 Å². The molecular weight excluding hydrogens is 342 g/mol. The third-order valence-electron chi connectivity index (χ3n) is 5.61. The molecule has 2 aliphatic rings. The summed E-state index contributed by atoms with van der Waals surface area (Å²) in [6.45, 7) is 3.87. The second kappa shape index (κ2) is 7.68. The molecule has 1 fully saturated rings. The average molecular weight is 369 g/mol. The molecule has 0 aliphatic carbocycles. The van der Waals surface area contributed by atoms with Gasteiger partial charge >= 0.3 is 0 Å². The quantitative estimate of drug-likeness (QED) is 0.824. The molecule has 1 unspecified atom stereocenters. The highest BCUT2D eigenvalue weighted by Crippen LogP contribution is 2.31. The number of aromatic nitrogens is 3. The van der Waals surface area contributed by atoms with Crippen molar-refractivity contribution in [2.75, 3.05) is 26.7 Å². The molecule has 144 valence electrons. The van der Waals surface area contributed by atoms with Crippen LogP contribution in [0.5, 0.6) is 5.88 Å². The fraction of sp³-hybridized carbons (Fsp3) is 0.550. The van der Waals surface area contributed by atoms with Crippen molar-refractivity contribution in [2.24, 2.45) is 7.05 Å². The summed E-state index contributed by atoms with van der Waals surface area (Å²) >= 11 is 0. The normalized spacial score (nSPS) is 20.4. The monoisotopic (exact) mass is 369 g/mol. The molecule has 0 spiro atoms. The Morgan fingerprint density at radius 1 is 1.26 bits per heavy atom. The minimum absolute atomic E-state index is 0.165. The lowest BCUT2D eigenvalue weighted by molar-refractivity contribution is -0.134. The fourth-order valence-electron chi connectivity index (χ4n) is 4.30. The van der Waals surface area contributed by atoms with Crippen LogP contribution in [0.3, 0.4) is 0 Å². The van der Waals surface area contributed by atoms with E-state index in [0.717, 1.165) is 49.4 Å². The summed E-state index contributed by atoms with van der Waals surface area (Å²) in [6, 6.07) is 3.95. The van der Waals surface area contributed by atoms with E-state index in [9.17, 15) is 4.79 Å². The van der Waals surface area contributed by atoms with Crippen molar-refractivity contribution in [1.82, 2.24) is 24.3 Å². The van der Waals surface area contributed by atoms with Gasteiger partial charge in [0.2, 0.25) is 11.8 Å². The third kappa shape index (κ3) is 3.56. The Bertz CT molecular complexity index is 812. The molecule has 2 aliphatic heterocycles. The number of amides is 1. The number of carbonyl (C=O) groups excluding carboxylic acids is 1. The molecule has 0 radical (unpaired) electrons. The first-order valence-electron chi connectivity index (χ1n) is 9.66. The Kier molecular flexibility index (Phi) is 5.11. The van der Waals surface area contributed by atoms with Crippen LogP contribution < -0.4 is 4.74 Å². The smallest absolute Gasteiger partial charge is 0.233 e. The van der Waals surface area contributed by atoms with Gasteiger partial charge in [-0.1, -0.05) is 6.07 Å². The molecule has 7 heteroatoms. The lowest BCUT2D eigenvalue weighted by Crippen LogP contribution is -2.45. The maximum absolute atomic E-state index is 13.3. The first-order valence-corrected chi connectivity index (χ1v) is 9.66. The lowest BCUT2D eigenvalue weighted by Gasteiger charge is -2.36. The van der Waals surface area contributed by atoms with Crippen molar-refractivity contribution >= 4 is 5.91 Å². The van der Waals surface area contributed by atoms with Gasteiger partial charge in [0.25, 0.3) is 0 Å². The van der Waals surface area contributed by atoms with Gasteiger partial charge in [0, 0.05) is 51.5 Å². The number of aryl methyl sites for hydroxylation is 1. The highest BCUT2D eigenvalue weighted by atomic mass is 16.5. The van der Waals surface area contributed by atoms with Gasteiger partial charge in [-0.15, -0.1) is 0 Å². The number of carbonyl (C=O) groups is 1. The first-order chi connectivity index (χ1) is 13.2. The number of ether oxygens (including phenoxy) is 1. The molecule has 4 rings (SSSR count). The highest BCUT2D eigenvalue weighted by molar-refractivity contribution is 5.84. The molecule has 27 heavy (non-hydrogen) atoms. The standard InChI is InChI=1S/C20H27N5O2/c1-23-14-22-17-13-24(11-15-7-6-8-21-19(15)27-2)12-16(18(17)23)20(26)25-9-4-3-5-10-25/h6-8,14,16H,3-5,9-13H2,1-2H3. The molecule has 2 aromatic rings. The number of imidazole rings is 1. The van der Waals surface area contributed by atoms with Crippen LogP contribution >= 0.6 is 0 Å². The maximum atomic E-state index is 13.3. The fourth-order valence-corrected chi connectivity index (χ4v) is 4.30. The second-order valence-electron chi connectivity index (χ2n) is 7.47. The Morgan fingerprint density at radius 2 is 2.07 bits per heavy atom. The van der Waals surface area contributed by atoms with Gasteiger partial charge < -0.3 is 14.2 Å². The number of hydrogen-bond donors (Lipinski definition) is 0. The zero-order valence-corrected chi connectivity index (χ0v) is 16.1. The number of likely N-dealkylation sites (tertiary alicyclic amines) is 1. The molecular formula is C20H27N5O2. The summed E-state index contributed by atoms with van der Waals surface area (Å²) in [6.07, 6.45) is 6.99. The molecule has 0 saturated carbocycles. The van der Waals surface area contributed by atoms with Gasteiger partial charge in [-0.2, -0.15) is 0 Å². The molecule has 7 nitrogen and oxygen atoms in total. The van der Waals surface area contributed by atoms with Gasteiger partial charge in [-0.05, 0) is 25.3 Å². The van der Waals surface area contributed by atoms with Gasteiger partial charge in [-0.25, -0.2) is 9.97 Å². The van der Waals surface area contributed by atoms with E-state index >= 15 is 0 Å². The van der Waals surface area contributed by atoms with Gasteiger partial charge in [0.15, 0.2) is 0 Å². The maximum Gasteiger partial charge on any atom is 0.233 e. The number of piperidine rings is 1. The lowest BCUT2D eigenvalue weighted by atomic mass is 9.95. The van der Waals surface area contributed by atoms with Crippen LogP contribution in [0, 0.1) is 0 Å². The number of methoxy groups -OCH3 is 1. The van der Waals surface area contributed by atoms with E-state index in [-0.39, 0.29) is 11.8 Å². The minimum Gasteiger partial charge on any atom is -0.481 e. The Balaban J connectivity index is 1.59. The van der Waals surface area contributed by atoms with E-state index in [0.29, 0.717) is 19.0 Å². The second-order valence-corrected chi connectivity index (χ2v) is 7.47. The molecule has 1 saturated heterocycles.